The Morgan fingerprint density at radius 3 is 2.91 bits per heavy atom. The van der Waals surface area contributed by atoms with Crippen molar-refractivity contribution >= 4 is 35.6 Å². The number of hydrogen-bond donors (Lipinski definition) is 1. The molecule has 0 unspecified atom stereocenters. The number of rotatable bonds is 6. The average molecular weight is 415 g/mol. The lowest BCUT2D eigenvalue weighted by atomic mass is 10.3. The smallest absolute Gasteiger partial charge is 0.193 e. The van der Waals surface area contributed by atoms with Crippen molar-refractivity contribution in [3.05, 3.63) is 36.3 Å². The van der Waals surface area contributed by atoms with Crippen LogP contribution in [0.15, 0.2) is 35.6 Å². The summed E-state index contributed by atoms with van der Waals surface area (Å²) in [5, 5.41) is 3.40. The summed E-state index contributed by atoms with van der Waals surface area (Å²) >= 11 is 0. The van der Waals surface area contributed by atoms with E-state index in [1.807, 2.05) is 31.4 Å². The van der Waals surface area contributed by atoms with E-state index < -0.39 is 0 Å². The summed E-state index contributed by atoms with van der Waals surface area (Å²) in [4.78, 5) is 11.1. The van der Waals surface area contributed by atoms with Crippen LogP contribution in [0.5, 0.6) is 0 Å². The number of unbranched alkanes of at least 4 members (excludes halogenated alkanes) is 1. The monoisotopic (exact) mass is 415 g/mol. The third-order valence-electron chi connectivity index (χ3n) is 3.50. The Balaban J connectivity index is 0.00000242. The molecule has 0 aromatic carbocycles. The number of nitrogens with zero attached hydrogens (tertiary/aromatic N) is 4. The van der Waals surface area contributed by atoms with Gasteiger partial charge >= 0.3 is 0 Å². The van der Waals surface area contributed by atoms with Gasteiger partial charge in [-0.25, -0.2) is 4.98 Å². The number of fused-ring (bicyclic) bond motifs is 1. The minimum absolute atomic E-state index is 0. The molecule has 0 aliphatic rings. The molecule has 0 saturated heterocycles. The van der Waals surface area contributed by atoms with Crippen molar-refractivity contribution in [3.63, 3.8) is 0 Å². The molecule has 2 rings (SSSR count). The van der Waals surface area contributed by atoms with Gasteiger partial charge in [0.15, 0.2) is 5.96 Å². The van der Waals surface area contributed by atoms with Crippen LogP contribution in [0.25, 0.3) is 5.65 Å². The van der Waals surface area contributed by atoms with Crippen LogP contribution in [0.1, 0.15) is 25.5 Å². The lowest BCUT2D eigenvalue weighted by Gasteiger charge is -2.21. The molecule has 0 saturated carbocycles. The number of nitrogens with one attached hydrogen (secondary N) is 1. The third kappa shape index (κ3) is 5.15. The molecule has 22 heavy (non-hydrogen) atoms. The van der Waals surface area contributed by atoms with Gasteiger partial charge in [-0.2, -0.15) is 0 Å². The van der Waals surface area contributed by atoms with Crippen LogP contribution in [0.4, 0.5) is 0 Å². The fourth-order valence-corrected chi connectivity index (χ4v) is 2.30. The van der Waals surface area contributed by atoms with Crippen LogP contribution in [0.2, 0.25) is 0 Å². The van der Waals surface area contributed by atoms with Gasteiger partial charge in [0, 0.05) is 46.0 Å². The summed E-state index contributed by atoms with van der Waals surface area (Å²) in [6.07, 6.45) is 7.38. The number of pyridine rings is 1. The molecule has 0 aliphatic heterocycles. The molecule has 2 aromatic heterocycles. The zero-order valence-electron chi connectivity index (χ0n) is 13.6. The van der Waals surface area contributed by atoms with Crippen LogP contribution in [-0.2, 0) is 6.42 Å². The SMILES string of the molecule is CCCCN(C)C(=NC)NCCc1cn2ccccc2n1.I. The minimum atomic E-state index is 0. The van der Waals surface area contributed by atoms with Gasteiger partial charge in [0.1, 0.15) is 5.65 Å². The Morgan fingerprint density at radius 2 is 2.23 bits per heavy atom. The zero-order valence-corrected chi connectivity index (χ0v) is 15.9. The second kappa shape index (κ2) is 9.66. The normalized spacial score (nSPS) is 11.3. The van der Waals surface area contributed by atoms with Gasteiger partial charge in [-0.05, 0) is 18.6 Å². The van der Waals surface area contributed by atoms with Crippen LogP contribution < -0.4 is 5.32 Å². The predicted molar refractivity (Wildman–Crippen MR) is 103 cm³/mol. The van der Waals surface area contributed by atoms with E-state index >= 15 is 0 Å². The summed E-state index contributed by atoms with van der Waals surface area (Å²) in [6.45, 7) is 4.07. The molecule has 0 aliphatic carbocycles. The maximum Gasteiger partial charge on any atom is 0.193 e. The molecule has 0 radical (unpaired) electrons. The van der Waals surface area contributed by atoms with Crippen molar-refractivity contribution in [2.75, 3.05) is 27.2 Å². The number of aromatic nitrogens is 2. The highest BCUT2D eigenvalue weighted by molar-refractivity contribution is 14.0. The van der Waals surface area contributed by atoms with E-state index in [0.29, 0.717) is 0 Å². The molecule has 0 amide bonds. The first-order valence-electron chi connectivity index (χ1n) is 7.59. The number of hydrogen-bond acceptors (Lipinski definition) is 2. The molecule has 2 heterocycles. The van der Waals surface area contributed by atoms with Gasteiger partial charge in [0.05, 0.1) is 5.69 Å². The van der Waals surface area contributed by atoms with Gasteiger partial charge in [-0.15, -0.1) is 24.0 Å². The molecule has 2 aromatic rings. The van der Waals surface area contributed by atoms with Gasteiger partial charge in [-0.3, -0.25) is 4.99 Å². The van der Waals surface area contributed by atoms with E-state index in [2.05, 4.69) is 44.8 Å². The van der Waals surface area contributed by atoms with Crippen molar-refractivity contribution < 1.29 is 0 Å². The summed E-state index contributed by atoms with van der Waals surface area (Å²) in [5.41, 5.74) is 2.09. The maximum absolute atomic E-state index is 4.60. The van der Waals surface area contributed by atoms with Gasteiger partial charge in [0.25, 0.3) is 0 Å². The Hall–Kier alpha value is -1.31. The number of aliphatic imine (C=N–C) groups is 1. The van der Waals surface area contributed by atoms with E-state index in [1.165, 1.54) is 12.8 Å². The van der Waals surface area contributed by atoms with Crippen LogP contribution in [-0.4, -0.2) is 47.4 Å². The van der Waals surface area contributed by atoms with E-state index in [4.69, 9.17) is 0 Å². The Kier molecular flexibility index (Phi) is 8.22. The quantitative estimate of drug-likeness (QED) is 0.449. The van der Waals surface area contributed by atoms with Crippen LogP contribution in [0, 0.1) is 0 Å². The van der Waals surface area contributed by atoms with Crippen molar-refractivity contribution in [1.29, 1.82) is 0 Å². The first kappa shape index (κ1) is 18.7. The highest BCUT2D eigenvalue weighted by Gasteiger charge is 2.05. The second-order valence-electron chi connectivity index (χ2n) is 5.20. The molecular formula is C16H26IN5. The highest BCUT2D eigenvalue weighted by Crippen LogP contribution is 2.04. The van der Waals surface area contributed by atoms with Crippen molar-refractivity contribution in [2.45, 2.75) is 26.2 Å². The molecule has 1 N–H and O–H groups in total. The molecular weight excluding hydrogens is 389 g/mol. The minimum Gasteiger partial charge on any atom is -0.356 e. The maximum atomic E-state index is 4.60. The molecule has 5 nitrogen and oxygen atoms in total. The predicted octanol–water partition coefficient (Wildman–Crippen LogP) is 2.80. The largest absolute Gasteiger partial charge is 0.356 e. The number of guanidine groups is 1. The Labute approximate surface area is 149 Å². The average Bonchev–Trinajstić information content (AvgIpc) is 2.91. The highest BCUT2D eigenvalue weighted by atomic mass is 127. The fraction of sp³-hybridized carbons (Fsp3) is 0.500. The lowest BCUT2D eigenvalue weighted by molar-refractivity contribution is 0.465. The topological polar surface area (TPSA) is 44.9 Å². The van der Waals surface area contributed by atoms with Crippen molar-refractivity contribution in [3.8, 4) is 0 Å². The Morgan fingerprint density at radius 1 is 1.41 bits per heavy atom. The van der Waals surface area contributed by atoms with Crippen LogP contribution in [0.3, 0.4) is 0 Å². The summed E-state index contributed by atoms with van der Waals surface area (Å²) in [7, 11) is 3.91. The first-order chi connectivity index (χ1) is 10.2. The second-order valence-corrected chi connectivity index (χ2v) is 5.20. The molecule has 0 bridgehead atoms. The molecule has 0 spiro atoms. The third-order valence-corrected chi connectivity index (χ3v) is 3.50. The van der Waals surface area contributed by atoms with E-state index in [1.54, 1.807) is 0 Å². The molecule has 0 atom stereocenters. The van der Waals surface area contributed by atoms with Gasteiger partial charge in [-0.1, -0.05) is 19.4 Å². The summed E-state index contributed by atoms with van der Waals surface area (Å²) in [6, 6.07) is 6.05. The van der Waals surface area contributed by atoms with E-state index in [0.717, 1.165) is 36.8 Å². The van der Waals surface area contributed by atoms with Crippen molar-refractivity contribution in [1.82, 2.24) is 19.6 Å². The van der Waals surface area contributed by atoms with Gasteiger partial charge < -0.3 is 14.6 Å². The van der Waals surface area contributed by atoms with E-state index in [9.17, 15) is 0 Å². The van der Waals surface area contributed by atoms with Crippen LogP contribution >= 0.6 is 24.0 Å². The molecule has 0 fully saturated rings. The van der Waals surface area contributed by atoms with Gasteiger partial charge in [0.2, 0.25) is 0 Å². The number of imidazole rings is 1. The standard InChI is InChI=1S/C16H25N5.HI/c1-4-5-11-20(3)16(17-2)18-10-9-14-13-21-12-7-6-8-15(21)19-14;/h6-8,12-13H,4-5,9-11H2,1-3H3,(H,17,18);1H. The Bertz CT molecular complexity index is 560. The molecule has 6 heteroatoms. The number of halogens is 1. The summed E-state index contributed by atoms with van der Waals surface area (Å²) in [5.74, 6) is 0.951. The molecule has 122 valence electrons. The first-order valence-corrected chi connectivity index (χ1v) is 7.59. The van der Waals surface area contributed by atoms with Crippen molar-refractivity contribution in [2.24, 2.45) is 4.99 Å². The summed E-state index contributed by atoms with van der Waals surface area (Å²) < 4.78 is 2.05. The lowest BCUT2D eigenvalue weighted by Crippen LogP contribution is -2.40. The zero-order chi connectivity index (χ0) is 15.1. The fourth-order valence-electron chi connectivity index (χ4n) is 2.30. The van der Waals surface area contributed by atoms with E-state index in [-0.39, 0.29) is 24.0 Å².